The summed E-state index contributed by atoms with van der Waals surface area (Å²) in [6.45, 7) is 4.74. The Kier molecular flexibility index (Phi) is 5.07. The van der Waals surface area contributed by atoms with Gasteiger partial charge in [0, 0.05) is 19.1 Å². The van der Waals surface area contributed by atoms with Crippen molar-refractivity contribution in [1.29, 1.82) is 0 Å². The fraction of sp³-hybridized carbons (Fsp3) is 1.00. The zero-order valence-corrected chi connectivity index (χ0v) is 10.3. The van der Waals surface area contributed by atoms with Crippen LogP contribution in [-0.2, 0) is 0 Å². The third kappa shape index (κ3) is 3.72. The molecule has 3 nitrogen and oxygen atoms in total. The molecule has 0 bridgehead atoms. The van der Waals surface area contributed by atoms with Crippen molar-refractivity contribution in [2.45, 2.75) is 57.1 Å². The van der Waals surface area contributed by atoms with Crippen LogP contribution in [0.25, 0.3) is 0 Å². The number of hydrogen-bond donors (Lipinski definition) is 2. The highest BCUT2D eigenvalue weighted by Crippen LogP contribution is 2.18. The van der Waals surface area contributed by atoms with Gasteiger partial charge in [0.25, 0.3) is 0 Å². The van der Waals surface area contributed by atoms with Crippen molar-refractivity contribution in [1.82, 2.24) is 10.2 Å². The van der Waals surface area contributed by atoms with E-state index < -0.39 is 0 Å². The Hall–Kier alpha value is -0.120. The van der Waals surface area contributed by atoms with Gasteiger partial charge in [0.1, 0.15) is 0 Å². The molecule has 0 radical (unpaired) electrons. The molecule has 2 atom stereocenters. The molecule has 1 saturated carbocycles. The summed E-state index contributed by atoms with van der Waals surface area (Å²) >= 11 is 0. The van der Waals surface area contributed by atoms with Gasteiger partial charge >= 0.3 is 0 Å². The summed E-state index contributed by atoms with van der Waals surface area (Å²) in [6.07, 6.45) is 8.66. The highest BCUT2D eigenvalue weighted by Gasteiger charge is 2.22. The number of piperidine rings is 1. The van der Waals surface area contributed by atoms with E-state index >= 15 is 0 Å². The number of rotatable bonds is 4. The van der Waals surface area contributed by atoms with Crippen LogP contribution in [0.3, 0.4) is 0 Å². The third-order valence-corrected chi connectivity index (χ3v) is 4.01. The van der Waals surface area contributed by atoms with E-state index in [0.29, 0.717) is 6.04 Å². The number of aliphatic hydroxyl groups is 1. The molecule has 1 aliphatic carbocycles. The summed E-state index contributed by atoms with van der Waals surface area (Å²) in [5.41, 5.74) is 0. The van der Waals surface area contributed by atoms with Crippen LogP contribution < -0.4 is 5.32 Å². The molecule has 1 heterocycles. The molecule has 0 unspecified atom stereocenters. The van der Waals surface area contributed by atoms with Crippen LogP contribution in [0.1, 0.15) is 44.9 Å². The van der Waals surface area contributed by atoms with Crippen LogP contribution >= 0.6 is 0 Å². The van der Waals surface area contributed by atoms with Gasteiger partial charge in [-0.3, -0.25) is 0 Å². The summed E-state index contributed by atoms with van der Waals surface area (Å²) in [7, 11) is 0. The molecule has 0 aromatic heterocycles. The van der Waals surface area contributed by atoms with Crippen molar-refractivity contribution in [2.24, 2.45) is 0 Å². The summed E-state index contributed by atoms with van der Waals surface area (Å²) in [5.74, 6) is 0. The second kappa shape index (κ2) is 6.58. The minimum absolute atomic E-state index is 0.102. The molecule has 0 aromatic carbocycles. The van der Waals surface area contributed by atoms with Gasteiger partial charge in [0.05, 0.1) is 6.10 Å². The Morgan fingerprint density at radius 3 is 2.50 bits per heavy atom. The highest BCUT2D eigenvalue weighted by molar-refractivity contribution is 4.80. The van der Waals surface area contributed by atoms with Crippen molar-refractivity contribution in [3.63, 3.8) is 0 Å². The molecule has 2 fully saturated rings. The summed E-state index contributed by atoms with van der Waals surface area (Å²) < 4.78 is 0. The van der Waals surface area contributed by atoms with Gasteiger partial charge in [-0.05, 0) is 38.8 Å². The Morgan fingerprint density at radius 1 is 1.00 bits per heavy atom. The summed E-state index contributed by atoms with van der Waals surface area (Å²) in [5, 5.41) is 13.4. The van der Waals surface area contributed by atoms with Gasteiger partial charge in [-0.1, -0.05) is 19.3 Å². The van der Waals surface area contributed by atoms with E-state index in [-0.39, 0.29) is 6.10 Å². The smallest absolute Gasteiger partial charge is 0.0693 e. The van der Waals surface area contributed by atoms with Crippen molar-refractivity contribution in [3.05, 3.63) is 0 Å². The van der Waals surface area contributed by atoms with Crippen LogP contribution in [0.5, 0.6) is 0 Å². The predicted molar refractivity (Wildman–Crippen MR) is 66.6 cm³/mol. The van der Waals surface area contributed by atoms with E-state index in [1.54, 1.807) is 0 Å². The number of aliphatic hydroxyl groups excluding tert-OH is 1. The fourth-order valence-corrected chi connectivity index (χ4v) is 2.94. The van der Waals surface area contributed by atoms with Crippen molar-refractivity contribution >= 4 is 0 Å². The third-order valence-electron chi connectivity index (χ3n) is 4.01. The maximum atomic E-state index is 9.83. The fourth-order valence-electron chi connectivity index (χ4n) is 2.94. The lowest BCUT2D eigenvalue weighted by Gasteiger charge is -2.31. The molecule has 2 rings (SSSR count). The van der Waals surface area contributed by atoms with E-state index in [1.165, 1.54) is 45.2 Å². The quantitative estimate of drug-likeness (QED) is 0.760. The minimum atomic E-state index is -0.102. The van der Waals surface area contributed by atoms with Crippen LogP contribution in [0, 0.1) is 0 Å². The van der Waals surface area contributed by atoms with Crippen molar-refractivity contribution in [3.8, 4) is 0 Å². The van der Waals surface area contributed by atoms with Crippen LogP contribution in [-0.4, -0.2) is 48.3 Å². The first-order chi connectivity index (χ1) is 7.86. The normalized spacial score (nSPS) is 32.8. The van der Waals surface area contributed by atoms with Gasteiger partial charge in [-0.15, -0.1) is 0 Å². The largest absolute Gasteiger partial charge is 0.392 e. The lowest BCUT2D eigenvalue weighted by atomic mass is 9.92. The van der Waals surface area contributed by atoms with E-state index in [2.05, 4.69) is 10.2 Å². The number of nitrogens with one attached hydrogen (secondary N) is 1. The summed E-state index contributed by atoms with van der Waals surface area (Å²) in [4.78, 5) is 2.55. The minimum Gasteiger partial charge on any atom is -0.392 e. The SMILES string of the molecule is O[C@H]1CCCC[C@@H]1NCCN1CCCCC1. The zero-order chi connectivity index (χ0) is 11.2. The van der Waals surface area contributed by atoms with E-state index in [1.807, 2.05) is 0 Å². The second-order valence-electron chi connectivity index (χ2n) is 5.31. The molecule has 3 heteroatoms. The molecule has 0 spiro atoms. The Morgan fingerprint density at radius 2 is 1.75 bits per heavy atom. The van der Waals surface area contributed by atoms with Gasteiger partial charge in [-0.25, -0.2) is 0 Å². The van der Waals surface area contributed by atoms with Crippen LogP contribution in [0.2, 0.25) is 0 Å². The topological polar surface area (TPSA) is 35.5 Å². The molecular weight excluding hydrogens is 200 g/mol. The van der Waals surface area contributed by atoms with E-state index in [4.69, 9.17) is 0 Å². The number of hydrogen-bond acceptors (Lipinski definition) is 3. The summed E-state index contributed by atoms with van der Waals surface area (Å²) in [6, 6.07) is 0.360. The Balaban J connectivity index is 1.59. The van der Waals surface area contributed by atoms with Gasteiger partial charge < -0.3 is 15.3 Å². The maximum Gasteiger partial charge on any atom is 0.0693 e. The zero-order valence-electron chi connectivity index (χ0n) is 10.3. The van der Waals surface area contributed by atoms with E-state index in [9.17, 15) is 5.11 Å². The van der Waals surface area contributed by atoms with Gasteiger partial charge in [0.2, 0.25) is 0 Å². The highest BCUT2D eigenvalue weighted by atomic mass is 16.3. The standard InChI is InChI=1S/C13H26N2O/c16-13-7-3-2-6-12(13)14-8-11-15-9-4-1-5-10-15/h12-14,16H,1-11H2/t12-,13-/m0/s1. The molecule has 1 saturated heterocycles. The first-order valence-electron chi connectivity index (χ1n) is 7.00. The van der Waals surface area contributed by atoms with E-state index in [0.717, 1.165) is 25.9 Å². The van der Waals surface area contributed by atoms with Gasteiger partial charge in [-0.2, -0.15) is 0 Å². The molecule has 2 N–H and O–H groups in total. The lowest BCUT2D eigenvalue weighted by Crippen LogP contribution is -2.45. The number of nitrogens with zero attached hydrogens (tertiary/aromatic N) is 1. The molecule has 16 heavy (non-hydrogen) atoms. The molecule has 2 aliphatic rings. The molecule has 94 valence electrons. The number of likely N-dealkylation sites (tertiary alicyclic amines) is 1. The van der Waals surface area contributed by atoms with Crippen molar-refractivity contribution in [2.75, 3.05) is 26.2 Å². The molecule has 0 aromatic rings. The van der Waals surface area contributed by atoms with Crippen LogP contribution in [0.4, 0.5) is 0 Å². The Labute approximate surface area is 99.2 Å². The van der Waals surface area contributed by atoms with Crippen LogP contribution in [0.15, 0.2) is 0 Å². The van der Waals surface area contributed by atoms with Crippen molar-refractivity contribution < 1.29 is 5.11 Å². The van der Waals surface area contributed by atoms with Gasteiger partial charge in [0.15, 0.2) is 0 Å². The average Bonchev–Trinajstić information content (AvgIpc) is 2.33. The predicted octanol–water partition coefficient (Wildman–Crippen LogP) is 1.37. The second-order valence-corrected chi connectivity index (χ2v) is 5.31. The molecule has 1 aliphatic heterocycles. The average molecular weight is 226 g/mol. The monoisotopic (exact) mass is 226 g/mol. The first-order valence-corrected chi connectivity index (χ1v) is 7.00. The lowest BCUT2D eigenvalue weighted by molar-refractivity contribution is 0.0887. The molecular formula is C13H26N2O. The maximum absolute atomic E-state index is 9.83. The Bertz CT molecular complexity index is 192. The molecule has 0 amide bonds. The first kappa shape index (κ1) is 12.3.